The normalized spacial score (nSPS) is 34.5. The van der Waals surface area contributed by atoms with Crippen molar-refractivity contribution in [3.63, 3.8) is 0 Å². The maximum atomic E-state index is 12.7. The number of rotatable bonds is 14. The van der Waals surface area contributed by atoms with E-state index in [1.807, 2.05) is 0 Å². The lowest BCUT2D eigenvalue weighted by Gasteiger charge is -2.58. The molecule has 0 radical (unpaired) electrons. The summed E-state index contributed by atoms with van der Waals surface area (Å²) in [5.74, 6) is 3.16. The molecule has 0 aromatic heterocycles. The zero-order chi connectivity index (χ0) is 35.3. The van der Waals surface area contributed by atoms with Gasteiger partial charge in [-0.2, -0.15) is 0 Å². The molecule has 1 saturated heterocycles. The molecule has 4 fully saturated rings. The summed E-state index contributed by atoms with van der Waals surface area (Å²) >= 11 is 0. The molecule has 0 bridgehead atoms. The largest absolute Gasteiger partial charge is 0.465 e. The molecule has 8 heteroatoms. The Morgan fingerprint density at radius 3 is 2.53 bits per heavy atom. The van der Waals surface area contributed by atoms with E-state index in [1.165, 1.54) is 61.8 Å². The number of nitrogens with one attached hydrogen (secondary N) is 1. The van der Waals surface area contributed by atoms with E-state index in [1.54, 1.807) is 6.92 Å². The summed E-state index contributed by atoms with van der Waals surface area (Å²) in [4.78, 5) is 50.8. The number of hydrogen-bond donors (Lipinski definition) is 1. The highest BCUT2D eigenvalue weighted by Crippen LogP contribution is 2.67. The number of Topliss-reactive ketones (excluding diaryl/α,β-unsaturated/α-hetero) is 1. The van der Waals surface area contributed by atoms with Crippen LogP contribution in [0.4, 0.5) is 4.79 Å². The number of carbonyl (C=O) groups is 4. The van der Waals surface area contributed by atoms with E-state index in [0.29, 0.717) is 24.8 Å². The highest BCUT2D eigenvalue weighted by molar-refractivity contribution is 6.04. The fourth-order valence-electron chi connectivity index (χ4n) is 11.2. The van der Waals surface area contributed by atoms with Crippen molar-refractivity contribution < 1.29 is 28.7 Å². The van der Waals surface area contributed by atoms with E-state index < -0.39 is 11.9 Å². The van der Waals surface area contributed by atoms with Crippen molar-refractivity contribution >= 4 is 23.8 Å². The molecular formula is C41H66N2O6. The molecule has 4 aliphatic carbocycles. The van der Waals surface area contributed by atoms with E-state index in [0.717, 1.165) is 67.6 Å². The molecule has 2 amide bonds. The van der Waals surface area contributed by atoms with Crippen LogP contribution in [0.5, 0.6) is 0 Å². The number of hydrogen-bond acceptors (Lipinski definition) is 6. The van der Waals surface area contributed by atoms with Crippen LogP contribution < -0.4 is 5.32 Å². The smallest absolute Gasteiger partial charge is 0.407 e. The van der Waals surface area contributed by atoms with Gasteiger partial charge in [-0.3, -0.25) is 14.4 Å². The Bertz CT molecular complexity index is 1230. The summed E-state index contributed by atoms with van der Waals surface area (Å²) in [6.07, 6.45) is 18.5. The van der Waals surface area contributed by atoms with Crippen LogP contribution in [0, 0.1) is 52.3 Å². The molecule has 49 heavy (non-hydrogen) atoms. The van der Waals surface area contributed by atoms with Crippen LogP contribution in [0.2, 0.25) is 0 Å². The zero-order valence-electron chi connectivity index (χ0n) is 31.5. The van der Waals surface area contributed by atoms with Gasteiger partial charge < -0.3 is 19.7 Å². The molecule has 1 aliphatic heterocycles. The Kier molecular flexibility index (Phi) is 12.6. The van der Waals surface area contributed by atoms with E-state index in [2.05, 4.69) is 46.0 Å². The molecule has 5 unspecified atom stereocenters. The van der Waals surface area contributed by atoms with Crippen LogP contribution in [0.3, 0.4) is 0 Å². The first kappa shape index (κ1) is 37.9. The third-order valence-corrected chi connectivity index (χ3v) is 13.9. The highest BCUT2D eigenvalue weighted by atomic mass is 16.6. The summed E-state index contributed by atoms with van der Waals surface area (Å²) in [5.41, 5.74) is 2.27. The average Bonchev–Trinajstić information content (AvgIpc) is 3.62. The minimum atomic E-state index is -0.856. The summed E-state index contributed by atoms with van der Waals surface area (Å²) in [5, 5.41) is 2.92. The SMILES string of the molecule is CCOC(=O)C1CN(C(=O)CCCCCNC(=O)O[C@H]2CC[C@@]3(C)C(=CCC4C5CCC([C@@H](C)CCCC(C)C)[C@@]5(C)CCC43)C2)CC1=O. The monoisotopic (exact) mass is 682 g/mol. The van der Waals surface area contributed by atoms with Gasteiger partial charge in [0.25, 0.3) is 0 Å². The number of likely N-dealkylation sites (tertiary alicyclic amines) is 1. The van der Waals surface area contributed by atoms with Crippen LogP contribution in [-0.2, 0) is 23.9 Å². The van der Waals surface area contributed by atoms with Crippen molar-refractivity contribution in [2.45, 2.75) is 144 Å². The minimum absolute atomic E-state index is 0.0212. The number of alkyl carbamates (subject to hydrolysis) is 1. The Labute approximate surface area is 296 Å². The van der Waals surface area contributed by atoms with Gasteiger partial charge in [0.1, 0.15) is 12.0 Å². The number of ether oxygens (including phenoxy) is 2. The van der Waals surface area contributed by atoms with Crippen molar-refractivity contribution in [1.29, 1.82) is 0 Å². The van der Waals surface area contributed by atoms with Gasteiger partial charge in [0.15, 0.2) is 5.78 Å². The number of allylic oxidation sites excluding steroid dienone is 1. The number of ketones is 1. The van der Waals surface area contributed by atoms with Crippen LogP contribution >= 0.6 is 0 Å². The van der Waals surface area contributed by atoms with Crippen molar-refractivity contribution in [2.75, 3.05) is 26.2 Å². The highest BCUT2D eigenvalue weighted by Gasteiger charge is 2.59. The molecule has 5 aliphatic rings. The van der Waals surface area contributed by atoms with Crippen LogP contribution in [-0.4, -0.2) is 61.0 Å². The molecule has 0 aromatic carbocycles. The molecule has 0 aromatic rings. The predicted molar refractivity (Wildman–Crippen MR) is 191 cm³/mol. The Balaban J connectivity index is 1.02. The van der Waals surface area contributed by atoms with Gasteiger partial charge >= 0.3 is 12.1 Å². The molecule has 5 rings (SSSR count). The number of amides is 2. The molecule has 1 N–H and O–H groups in total. The van der Waals surface area contributed by atoms with Gasteiger partial charge in [0.2, 0.25) is 5.91 Å². The number of esters is 1. The first-order chi connectivity index (χ1) is 23.4. The first-order valence-electron chi connectivity index (χ1n) is 20.0. The maximum Gasteiger partial charge on any atom is 0.407 e. The van der Waals surface area contributed by atoms with Gasteiger partial charge in [0.05, 0.1) is 13.2 Å². The van der Waals surface area contributed by atoms with Gasteiger partial charge in [-0.25, -0.2) is 4.79 Å². The molecule has 0 spiro atoms. The van der Waals surface area contributed by atoms with Gasteiger partial charge in [-0.1, -0.05) is 72.0 Å². The third kappa shape index (κ3) is 8.41. The molecule has 276 valence electrons. The van der Waals surface area contributed by atoms with Crippen LogP contribution in [0.15, 0.2) is 11.6 Å². The summed E-state index contributed by atoms with van der Waals surface area (Å²) in [6, 6.07) is 0. The summed E-state index contributed by atoms with van der Waals surface area (Å²) in [7, 11) is 0. The van der Waals surface area contributed by atoms with E-state index in [4.69, 9.17) is 9.47 Å². The number of fused-ring (bicyclic) bond motifs is 5. The Morgan fingerprint density at radius 1 is 0.980 bits per heavy atom. The Hall–Kier alpha value is -2.38. The topological polar surface area (TPSA) is 102 Å². The van der Waals surface area contributed by atoms with Gasteiger partial charge in [-0.15, -0.1) is 0 Å². The van der Waals surface area contributed by atoms with Crippen molar-refractivity contribution in [3.05, 3.63) is 11.6 Å². The fraction of sp³-hybridized carbons (Fsp3) is 0.854. The lowest BCUT2D eigenvalue weighted by Crippen LogP contribution is -2.51. The molecule has 3 saturated carbocycles. The lowest BCUT2D eigenvalue weighted by molar-refractivity contribution is -0.149. The molecule has 1 heterocycles. The fourth-order valence-corrected chi connectivity index (χ4v) is 11.2. The Morgan fingerprint density at radius 2 is 1.78 bits per heavy atom. The average molecular weight is 683 g/mol. The molecule has 9 atom stereocenters. The van der Waals surface area contributed by atoms with Crippen molar-refractivity contribution in [1.82, 2.24) is 10.2 Å². The van der Waals surface area contributed by atoms with Crippen LogP contribution in [0.1, 0.15) is 138 Å². The quantitative estimate of drug-likeness (QED) is 0.0857. The molecule has 8 nitrogen and oxygen atoms in total. The van der Waals surface area contributed by atoms with Crippen LogP contribution in [0.25, 0.3) is 0 Å². The third-order valence-electron chi connectivity index (χ3n) is 13.9. The second-order valence-corrected chi connectivity index (χ2v) is 17.3. The lowest BCUT2D eigenvalue weighted by atomic mass is 9.47. The van der Waals surface area contributed by atoms with E-state index >= 15 is 0 Å². The van der Waals surface area contributed by atoms with Gasteiger partial charge in [-0.05, 0) is 111 Å². The predicted octanol–water partition coefficient (Wildman–Crippen LogP) is 8.27. The van der Waals surface area contributed by atoms with E-state index in [-0.39, 0.29) is 49.0 Å². The zero-order valence-corrected chi connectivity index (χ0v) is 31.5. The van der Waals surface area contributed by atoms with Crippen molar-refractivity contribution in [3.8, 4) is 0 Å². The number of nitrogens with zero attached hydrogens (tertiary/aromatic N) is 1. The van der Waals surface area contributed by atoms with Crippen molar-refractivity contribution in [2.24, 2.45) is 52.3 Å². The standard InChI is InChI=1S/C41H66N2O6/c1-7-48-38(46)32-25-43(26-36(32)44)37(45)14-9-8-10-23-42-39(47)49-30-19-21-40(5)29(24-30)15-16-31-34-18-17-33(28(4)13-11-12-27(2)3)41(34,6)22-20-35(31)40/h15,27-28,30-35H,7-14,16-26H2,1-6H3,(H,42,47)/t28-,30-,31?,32?,33?,34?,35?,40-,41+/m0/s1. The summed E-state index contributed by atoms with van der Waals surface area (Å²) in [6.45, 7) is 15.0. The van der Waals surface area contributed by atoms with E-state index in [9.17, 15) is 19.2 Å². The first-order valence-corrected chi connectivity index (χ1v) is 20.0. The second-order valence-electron chi connectivity index (χ2n) is 17.3. The second kappa shape index (κ2) is 16.3. The maximum absolute atomic E-state index is 12.7. The number of carbonyl (C=O) groups excluding carboxylic acids is 4. The summed E-state index contributed by atoms with van der Waals surface area (Å²) < 4.78 is 10.9. The number of unbranched alkanes of at least 4 members (excludes halogenated alkanes) is 2. The molecular weight excluding hydrogens is 616 g/mol. The van der Waals surface area contributed by atoms with Gasteiger partial charge in [0, 0.05) is 25.9 Å². The minimum Gasteiger partial charge on any atom is -0.465 e.